The van der Waals surface area contributed by atoms with Crippen molar-refractivity contribution in [2.24, 2.45) is 5.92 Å². The van der Waals surface area contributed by atoms with E-state index in [1.54, 1.807) is 0 Å². The molecular formula is C17H24N2O2. The van der Waals surface area contributed by atoms with Crippen LogP contribution < -0.4 is 5.32 Å². The van der Waals surface area contributed by atoms with E-state index in [0.29, 0.717) is 19.0 Å². The minimum atomic E-state index is 0.0270. The molecule has 0 saturated heterocycles. The number of anilines is 1. The summed E-state index contributed by atoms with van der Waals surface area (Å²) < 4.78 is 0. The molecule has 1 saturated carbocycles. The van der Waals surface area contributed by atoms with Gasteiger partial charge in [0.05, 0.1) is 5.92 Å². The normalized spacial score (nSPS) is 21.1. The number of nitrogens with zero attached hydrogens (tertiary/aromatic N) is 1. The van der Waals surface area contributed by atoms with Crippen LogP contribution in [0.5, 0.6) is 0 Å². The van der Waals surface area contributed by atoms with Gasteiger partial charge in [0.1, 0.15) is 0 Å². The second-order valence-corrected chi connectivity index (χ2v) is 6.13. The van der Waals surface area contributed by atoms with Crippen LogP contribution in [0.2, 0.25) is 0 Å². The monoisotopic (exact) mass is 288 g/mol. The minimum Gasteiger partial charge on any atom is -0.396 e. The maximum absolute atomic E-state index is 12.9. The molecule has 1 amide bonds. The van der Waals surface area contributed by atoms with Crippen molar-refractivity contribution in [2.75, 3.05) is 25.0 Å². The van der Waals surface area contributed by atoms with E-state index < -0.39 is 0 Å². The SMILES string of the molecule is O=C(C1CNc2ccccc2C1)N(CCCO)C1CCC1. The van der Waals surface area contributed by atoms with Crippen LogP contribution in [0.1, 0.15) is 31.2 Å². The molecule has 3 rings (SSSR count). The number of carbonyl (C=O) groups excluding carboxylic acids is 1. The lowest BCUT2D eigenvalue weighted by Crippen LogP contribution is -2.49. The Labute approximate surface area is 126 Å². The van der Waals surface area contributed by atoms with Gasteiger partial charge in [-0.05, 0) is 43.7 Å². The minimum absolute atomic E-state index is 0.0270. The van der Waals surface area contributed by atoms with Crippen molar-refractivity contribution in [3.05, 3.63) is 29.8 Å². The summed E-state index contributed by atoms with van der Waals surface area (Å²) in [6.45, 7) is 1.57. The van der Waals surface area contributed by atoms with Gasteiger partial charge in [-0.15, -0.1) is 0 Å². The smallest absolute Gasteiger partial charge is 0.228 e. The number of amides is 1. The zero-order chi connectivity index (χ0) is 14.7. The van der Waals surface area contributed by atoms with Crippen LogP contribution in [0.4, 0.5) is 5.69 Å². The number of aliphatic hydroxyl groups excluding tert-OH is 1. The third kappa shape index (κ3) is 3.05. The second kappa shape index (κ2) is 6.48. The van der Waals surface area contributed by atoms with Gasteiger partial charge < -0.3 is 15.3 Å². The zero-order valence-corrected chi connectivity index (χ0v) is 12.4. The zero-order valence-electron chi connectivity index (χ0n) is 12.4. The third-order valence-corrected chi connectivity index (χ3v) is 4.73. The molecule has 0 spiro atoms. The van der Waals surface area contributed by atoms with Gasteiger partial charge in [0.2, 0.25) is 5.91 Å². The summed E-state index contributed by atoms with van der Waals surface area (Å²) in [5.74, 6) is 0.286. The first-order valence-electron chi connectivity index (χ1n) is 8.02. The summed E-state index contributed by atoms with van der Waals surface area (Å²) in [7, 11) is 0. The number of fused-ring (bicyclic) bond motifs is 1. The molecule has 0 bridgehead atoms. The Kier molecular flexibility index (Phi) is 4.44. The number of hydrogen-bond acceptors (Lipinski definition) is 3. The lowest BCUT2D eigenvalue weighted by Gasteiger charge is -2.40. The van der Waals surface area contributed by atoms with E-state index in [0.717, 1.165) is 31.5 Å². The molecule has 1 aliphatic carbocycles. The topological polar surface area (TPSA) is 52.6 Å². The number of rotatable bonds is 5. The van der Waals surface area contributed by atoms with Crippen LogP contribution in [0.15, 0.2) is 24.3 Å². The molecule has 0 radical (unpaired) electrons. The Bertz CT molecular complexity index is 499. The maximum atomic E-state index is 12.9. The standard InChI is InChI=1S/C17H24N2O2/c20-10-4-9-19(15-6-3-7-15)17(21)14-11-13-5-1-2-8-16(13)18-12-14/h1-2,5,8,14-15,18,20H,3-4,6-7,9-12H2. The van der Waals surface area contributed by atoms with Gasteiger partial charge in [-0.3, -0.25) is 4.79 Å². The Morgan fingerprint density at radius 3 is 2.86 bits per heavy atom. The molecule has 2 N–H and O–H groups in total. The van der Waals surface area contributed by atoms with Crippen LogP contribution >= 0.6 is 0 Å². The molecule has 1 atom stereocenters. The van der Waals surface area contributed by atoms with Crippen molar-refractivity contribution in [3.63, 3.8) is 0 Å². The lowest BCUT2D eigenvalue weighted by molar-refractivity contribution is -0.139. The first-order valence-corrected chi connectivity index (χ1v) is 8.02. The summed E-state index contributed by atoms with van der Waals surface area (Å²) in [6.07, 6.45) is 4.96. The molecule has 1 heterocycles. The van der Waals surface area contributed by atoms with E-state index in [1.165, 1.54) is 12.0 Å². The highest BCUT2D eigenvalue weighted by Gasteiger charge is 2.33. The van der Waals surface area contributed by atoms with Crippen LogP contribution in [-0.4, -0.2) is 41.7 Å². The molecule has 2 aliphatic rings. The molecule has 114 valence electrons. The first-order chi connectivity index (χ1) is 10.3. The lowest BCUT2D eigenvalue weighted by atomic mass is 9.88. The molecular weight excluding hydrogens is 264 g/mol. The summed E-state index contributed by atoms with van der Waals surface area (Å²) >= 11 is 0. The van der Waals surface area contributed by atoms with Crippen LogP contribution in [0.3, 0.4) is 0 Å². The van der Waals surface area contributed by atoms with E-state index in [-0.39, 0.29) is 18.4 Å². The van der Waals surface area contributed by atoms with Crippen molar-refractivity contribution in [3.8, 4) is 0 Å². The number of aliphatic hydroxyl groups is 1. The summed E-state index contributed by atoms with van der Waals surface area (Å²) in [4.78, 5) is 14.9. The number of para-hydroxylation sites is 1. The molecule has 1 unspecified atom stereocenters. The second-order valence-electron chi connectivity index (χ2n) is 6.13. The maximum Gasteiger partial charge on any atom is 0.228 e. The highest BCUT2D eigenvalue weighted by Crippen LogP contribution is 2.30. The van der Waals surface area contributed by atoms with E-state index in [9.17, 15) is 4.79 Å². The molecule has 1 fully saturated rings. The molecule has 0 aromatic heterocycles. The van der Waals surface area contributed by atoms with E-state index >= 15 is 0 Å². The van der Waals surface area contributed by atoms with Crippen molar-refractivity contribution < 1.29 is 9.90 Å². The van der Waals surface area contributed by atoms with Crippen molar-refractivity contribution in [2.45, 2.75) is 38.1 Å². The predicted molar refractivity (Wildman–Crippen MR) is 83.2 cm³/mol. The average molecular weight is 288 g/mol. The highest BCUT2D eigenvalue weighted by molar-refractivity contribution is 5.81. The molecule has 21 heavy (non-hydrogen) atoms. The van der Waals surface area contributed by atoms with Crippen LogP contribution in [0, 0.1) is 5.92 Å². The molecule has 4 nitrogen and oxygen atoms in total. The van der Waals surface area contributed by atoms with Gasteiger partial charge in [-0.1, -0.05) is 18.2 Å². The summed E-state index contributed by atoms with van der Waals surface area (Å²) in [5, 5.41) is 12.4. The number of carbonyl (C=O) groups is 1. The predicted octanol–water partition coefficient (Wildman–Crippen LogP) is 2.03. The van der Waals surface area contributed by atoms with E-state index in [2.05, 4.69) is 17.4 Å². The number of benzene rings is 1. The van der Waals surface area contributed by atoms with Crippen molar-refractivity contribution in [1.29, 1.82) is 0 Å². The van der Waals surface area contributed by atoms with Gasteiger partial charge in [0, 0.05) is 31.4 Å². The Morgan fingerprint density at radius 1 is 1.33 bits per heavy atom. The third-order valence-electron chi connectivity index (χ3n) is 4.73. The molecule has 1 aromatic carbocycles. The fraction of sp³-hybridized carbons (Fsp3) is 0.588. The Hall–Kier alpha value is -1.55. The van der Waals surface area contributed by atoms with Gasteiger partial charge in [-0.2, -0.15) is 0 Å². The van der Waals surface area contributed by atoms with Gasteiger partial charge in [0.15, 0.2) is 0 Å². The van der Waals surface area contributed by atoms with Crippen molar-refractivity contribution >= 4 is 11.6 Å². The Morgan fingerprint density at radius 2 is 2.14 bits per heavy atom. The van der Waals surface area contributed by atoms with E-state index in [4.69, 9.17) is 5.11 Å². The van der Waals surface area contributed by atoms with Crippen LogP contribution in [-0.2, 0) is 11.2 Å². The van der Waals surface area contributed by atoms with E-state index in [1.807, 2.05) is 17.0 Å². The highest BCUT2D eigenvalue weighted by atomic mass is 16.3. The summed E-state index contributed by atoms with van der Waals surface area (Å²) in [5.41, 5.74) is 2.39. The van der Waals surface area contributed by atoms with Gasteiger partial charge >= 0.3 is 0 Å². The fourth-order valence-corrected chi connectivity index (χ4v) is 3.26. The largest absolute Gasteiger partial charge is 0.396 e. The Balaban J connectivity index is 1.68. The van der Waals surface area contributed by atoms with Crippen LogP contribution in [0.25, 0.3) is 0 Å². The van der Waals surface area contributed by atoms with Gasteiger partial charge in [0.25, 0.3) is 0 Å². The molecule has 1 aromatic rings. The quantitative estimate of drug-likeness (QED) is 0.871. The number of nitrogens with one attached hydrogen (secondary N) is 1. The first kappa shape index (κ1) is 14.4. The van der Waals surface area contributed by atoms with Crippen molar-refractivity contribution in [1.82, 2.24) is 4.90 Å². The molecule has 1 aliphatic heterocycles. The van der Waals surface area contributed by atoms with Gasteiger partial charge in [-0.25, -0.2) is 0 Å². The molecule has 4 heteroatoms. The summed E-state index contributed by atoms with van der Waals surface area (Å²) in [6, 6.07) is 8.63. The average Bonchev–Trinajstić information content (AvgIpc) is 2.48. The fourth-order valence-electron chi connectivity index (χ4n) is 3.26. The number of hydrogen-bond donors (Lipinski definition) is 2.